The summed E-state index contributed by atoms with van der Waals surface area (Å²) in [6, 6.07) is 1.36. The minimum Gasteiger partial charge on any atom is -0.444 e. The second-order valence-electron chi connectivity index (χ2n) is 4.45. The summed E-state index contributed by atoms with van der Waals surface area (Å²) in [5.74, 6) is -0.523. The van der Waals surface area contributed by atoms with E-state index in [2.05, 4.69) is 10.3 Å². The predicted octanol–water partition coefficient (Wildman–Crippen LogP) is 2.90. The van der Waals surface area contributed by atoms with Crippen LogP contribution in [0.4, 0.5) is 9.18 Å². The molecule has 1 aromatic rings. The molecule has 1 aromatic heterocycles. The lowest BCUT2D eigenvalue weighted by Gasteiger charge is -2.19. The molecule has 4 nitrogen and oxygen atoms in total. The van der Waals surface area contributed by atoms with Crippen LogP contribution in [0.25, 0.3) is 0 Å². The van der Waals surface area contributed by atoms with Gasteiger partial charge in [-0.1, -0.05) is 11.6 Å². The molecule has 17 heavy (non-hydrogen) atoms. The molecule has 94 valence electrons. The Hall–Kier alpha value is -1.36. The number of alkyl carbamates (subject to hydrolysis) is 1. The number of halogens is 2. The average molecular weight is 261 g/mol. The summed E-state index contributed by atoms with van der Waals surface area (Å²) in [4.78, 5) is 14.9. The molecule has 0 aliphatic rings. The molecule has 6 heteroatoms. The topological polar surface area (TPSA) is 51.2 Å². The van der Waals surface area contributed by atoms with Gasteiger partial charge in [-0.05, 0) is 26.8 Å². The Labute approximate surface area is 104 Å². The van der Waals surface area contributed by atoms with E-state index < -0.39 is 17.5 Å². The Morgan fingerprint density at radius 2 is 2.24 bits per heavy atom. The minimum atomic E-state index is -0.607. The third kappa shape index (κ3) is 4.99. The molecule has 1 rings (SSSR count). The van der Waals surface area contributed by atoms with Crippen molar-refractivity contribution in [3.63, 3.8) is 0 Å². The van der Waals surface area contributed by atoms with Crippen molar-refractivity contribution in [1.82, 2.24) is 10.3 Å². The standard InChI is InChI=1S/C11H14ClFN2O2/c1-11(2,3)17-10(16)15-5-7-4-9(12)14-6-8(7)13/h4,6H,5H2,1-3H3,(H,15,16). The monoisotopic (exact) mass is 260 g/mol. The van der Waals surface area contributed by atoms with Crippen LogP contribution in [0.5, 0.6) is 0 Å². The molecular weight excluding hydrogens is 247 g/mol. The van der Waals surface area contributed by atoms with Crippen molar-refractivity contribution in [2.24, 2.45) is 0 Å². The number of hydrogen-bond acceptors (Lipinski definition) is 3. The molecule has 0 atom stereocenters. The molecule has 1 heterocycles. The summed E-state index contributed by atoms with van der Waals surface area (Å²) in [6.07, 6.45) is 0.402. The van der Waals surface area contributed by atoms with Crippen LogP contribution in [-0.4, -0.2) is 16.7 Å². The van der Waals surface area contributed by atoms with Gasteiger partial charge in [0, 0.05) is 12.1 Å². The van der Waals surface area contributed by atoms with Gasteiger partial charge in [-0.25, -0.2) is 14.2 Å². The Kier molecular flexibility index (Phi) is 4.28. The van der Waals surface area contributed by atoms with Crippen molar-refractivity contribution in [2.45, 2.75) is 32.9 Å². The first-order valence-electron chi connectivity index (χ1n) is 5.05. The van der Waals surface area contributed by atoms with Gasteiger partial charge in [0.05, 0.1) is 6.20 Å². The van der Waals surface area contributed by atoms with Crippen LogP contribution in [0, 0.1) is 5.82 Å². The number of nitrogens with zero attached hydrogens (tertiary/aromatic N) is 1. The number of aromatic nitrogens is 1. The molecule has 1 amide bonds. The van der Waals surface area contributed by atoms with E-state index in [1.807, 2.05) is 0 Å². The maximum atomic E-state index is 13.2. The Morgan fingerprint density at radius 3 is 2.82 bits per heavy atom. The van der Waals surface area contributed by atoms with Crippen molar-refractivity contribution in [1.29, 1.82) is 0 Å². The SMILES string of the molecule is CC(C)(C)OC(=O)NCc1cc(Cl)ncc1F. The number of hydrogen-bond donors (Lipinski definition) is 1. The van der Waals surface area contributed by atoms with Crippen molar-refractivity contribution in [2.75, 3.05) is 0 Å². The van der Waals surface area contributed by atoms with Crippen LogP contribution < -0.4 is 5.32 Å². The fourth-order valence-electron chi connectivity index (χ4n) is 1.07. The van der Waals surface area contributed by atoms with Gasteiger partial charge in [0.2, 0.25) is 0 Å². The highest BCUT2D eigenvalue weighted by atomic mass is 35.5. The van der Waals surface area contributed by atoms with E-state index in [0.717, 1.165) is 6.20 Å². The minimum absolute atomic E-state index is 0.00296. The molecule has 0 aromatic carbocycles. The van der Waals surface area contributed by atoms with E-state index in [4.69, 9.17) is 16.3 Å². The van der Waals surface area contributed by atoms with Gasteiger partial charge in [-0.3, -0.25) is 0 Å². The van der Waals surface area contributed by atoms with Crippen LogP contribution in [-0.2, 0) is 11.3 Å². The molecule has 0 bridgehead atoms. The summed E-state index contributed by atoms with van der Waals surface area (Å²) in [5, 5.41) is 2.61. The maximum Gasteiger partial charge on any atom is 0.407 e. The summed E-state index contributed by atoms with van der Waals surface area (Å²) >= 11 is 5.62. The highest BCUT2D eigenvalue weighted by Crippen LogP contribution is 2.12. The normalized spacial score (nSPS) is 11.1. The van der Waals surface area contributed by atoms with Gasteiger partial charge in [0.15, 0.2) is 0 Å². The summed E-state index contributed by atoms with van der Waals surface area (Å²) < 4.78 is 18.3. The predicted molar refractivity (Wildman–Crippen MR) is 62.3 cm³/mol. The average Bonchev–Trinajstić information content (AvgIpc) is 2.17. The van der Waals surface area contributed by atoms with Gasteiger partial charge in [0.25, 0.3) is 0 Å². The first-order valence-corrected chi connectivity index (χ1v) is 5.42. The molecule has 0 saturated heterocycles. The molecular formula is C11H14ClFN2O2. The number of carbonyl (C=O) groups is 1. The number of nitrogens with one attached hydrogen (secondary N) is 1. The fraction of sp³-hybridized carbons (Fsp3) is 0.455. The van der Waals surface area contributed by atoms with Crippen LogP contribution in [0.2, 0.25) is 5.15 Å². The third-order valence-electron chi connectivity index (χ3n) is 1.72. The smallest absolute Gasteiger partial charge is 0.407 e. The number of rotatable bonds is 2. The molecule has 0 spiro atoms. The maximum absolute atomic E-state index is 13.2. The second kappa shape index (κ2) is 5.31. The van der Waals surface area contributed by atoms with Crippen molar-refractivity contribution >= 4 is 17.7 Å². The largest absolute Gasteiger partial charge is 0.444 e. The molecule has 1 N–H and O–H groups in total. The van der Waals surface area contributed by atoms with E-state index >= 15 is 0 Å². The van der Waals surface area contributed by atoms with Crippen LogP contribution >= 0.6 is 11.6 Å². The van der Waals surface area contributed by atoms with Crippen molar-refractivity contribution in [3.05, 3.63) is 28.8 Å². The first kappa shape index (κ1) is 13.7. The van der Waals surface area contributed by atoms with E-state index in [0.29, 0.717) is 0 Å². The van der Waals surface area contributed by atoms with Crippen LogP contribution in [0.3, 0.4) is 0 Å². The Bertz CT molecular complexity index is 418. The van der Waals surface area contributed by atoms with E-state index in [-0.39, 0.29) is 17.3 Å². The number of carbonyl (C=O) groups excluding carboxylic acids is 1. The molecule has 0 unspecified atom stereocenters. The van der Waals surface area contributed by atoms with Crippen molar-refractivity contribution < 1.29 is 13.9 Å². The number of amides is 1. The number of pyridine rings is 1. The lowest BCUT2D eigenvalue weighted by molar-refractivity contribution is 0.0523. The highest BCUT2D eigenvalue weighted by Gasteiger charge is 2.16. The van der Waals surface area contributed by atoms with Gasteiger partial charge < -0.3 is 10.1 Å². The molecule has 0 saturated carbocycles. The second-order valence-corrected chi connectivity index (χ2v) is 4.84. The molecule has 0 radical (unpaired) electrons. The first-order chi connectivity index (χ1) is 7.78. The van der Waals surface area contributed by atoms with Crippen molar-refractivity contribution in [3.8, 4) is 0 Å². The van der Waals surface area contributed by atoms with Gasteiger partial charge >= 0.3 is 6.09 Å². The van der Waals surface area contributed by atoms with E-state index in [9.17, 15) is 9.18 Å². The Morgan fingerprint density at radius 1 is 1.59 bits per heavy atom. The van der Waals surface area contributed by atoms with Crippen LogP contribution in [0.1, 0.15) is 26.3 Å². The quantitative estimate of drug-likeness (QED) is 0.832. The van der Waals surface area contributed by atoms with Gasteiger partial charge in [-0.15, -0.1) is 0 Å². The van der Waals surface area contributed by atoms with E-state index in [1.54, 1.807) is 20.8 Å². The lowest BCUT2D eigenvalue weighted by Crippen LogP contribution is -2.32. The zero-order valence-corrected chi connectivity index (χ0v) is 10.6. The Balaban J connectivity index is 2.56. The van der Waals surface area contributed by atoms with E-state index in [1.165, 1.54) is 6.07 Å². The molecule has 0 aliphatic carbocycles. The van der Waals surface area contributed by atoms with Gasteiger partial charge in [-0.2, -0.15) is 0 Å². The zero-order valence-electron chi connectivity index (χ0n) is 9.88. The zero-order chi connectivity index (χ0) is 13.1. The highest BCUT2D eigenvalue weighted by molar-refractivity contribution is 6.29. The molecule has 0 aliphatic heterocycles. The third-order valence-corrected chi connectivity index (χ3v) is 1.93. The van der Waals surface area contributed by atoms with Gasteiger partial charge in [0.1, 0.15) is 16.6 Å². The lowest BCUT2D eigenvalue weighted by atomic mass is 10.2. The summed E-state index contributed by atoms with van der Waals surface area (Å²) in [5.41, 5.74) is -0.325. The van der Waals surface area contributed by atoms with Crippen LogP contribution in [0.15, 0.2) is 12.3 Å². The number of ether oxygens (including phenoxy) is 1. The molecule has 0 fully saturated rings. The summed E-state index contributed by atoms with van der Waals surface area (Å²) in [7, 11) is 0. The fourth-order valence-corrected chi connectivity index (χ4v) is 1.25. The summed E-state index contributed by atoms with van der Waals surface area (Å²) in [6.45, 7) is 5.24.